The molecule has 3 fully saturated rings. The molecule has 5 rings (SSSR count). The second-order valence-electron chi connectivity index (χ2n) is 10.2. The van der Waals surface area contributed by atoms with Crippen LogP contribution in [0.3, 0.4) is 0 Å². The van der Waals surface area contributed by atoms with Gasteiger partial charge < -0.3 is 4.90 Å². The van der Waals surface area contributed by atoms with E-state index in [4.69, 9.17) is 0 Å². The molecule has 0 aromatic heterocycles. The quantitative estimate of drug-likeness (QED) is 0.600. The normalized spacial score (nSPS) is 23.8. The standard InChI is InChI=1S/C26H26F3N3O3S/c27-16-36(34,35)31-23-21(32(15-26(23)9-10-26)24(33)25(14-30)7-4-8-25)12-18-11-19(28)13-20(22(18)29)17-5-2-1-3-6-17/h1-3,5-6,11,13,21,23,31H,4,7-10,12,15-16H2/t21-,23+/m0/s1. The van der Waals surface area contributed by atoms with E-state index in [0.717, 1.165) is 18.6 Å². The zero-order chi connectivity index (χ0) is 25.7. The topological polar surface area (TPSA) is 90.3 Å². The van der Waals surface area contributed by atoms with Crippen LogP contribution in [0.15, 0.2) is 42.5 Å². The molecule has 2 aromatic carbocycles. The van der Waals surface area contributed by atoms with Crippen LogP contribution in [0, 0.1) is 33.8 Å². The highest BCUT2D eigenvalue weighted by molar-refractivity contribution is 7.89. The second kappa shape index (κ2) is 8.89. The van der Waals surface area contributed by atoms with Crippen molar-refractivity contribution in [3.8, 4) is 17.2 Å². The van der Waals surface area contributed by atoms with Gasteiger partial charge in [0.05, 0.1) is 12.1 Å². The van der Waals surface area contributed by atoms with Crippen molar-refractivity contribution in [2.45, 2.75) is 50.6 Å². The number of benzene rings is 2. The van der Waals surface area contributed by atoms with Gasteiger partial charge >= 0.3 is 0 Å². The molecule has 3 aliphatic rings. The average molecular weight is 518 g/mol. The van der Waals surface area contributed by atoms with Crippen molar-refractivity contribution in [2.75, 3.05) is 12.6 Å². The molecule has 1 spiro atoms. The number of nitrogens with zero attached hydrogens (tertiary/aromatic N) is 2. The predicted molar refractivity (Wildman–Crippen MR) is 126 cm³/mol. The second-order valence-corrected chi connectivity index (χ2v) is 11.9. The fourth-order valence-electron chi connectivity index (χ4n) is 5.68. The average Bonchev–Trinajstić information content (AvgIpc) is 3.56. The van der Waals surface area contributed by atoms with Gasteiger partial charge in [-0.25, -0.2) is 26.3 Å². The molecule has 190 valence electrons. The maximum absolute atomic E-state index is 15.7. The summed E-state index contributed by atoms with van der Waals surface area (Å²) in [6, 6.07) is 9.33. The number of alkyl halides is 1. The van der Waals surface area contributed by atoms with Gasteiger partial charge in [-0.3, -0.25) is 4.79 Å². The lowest BCUT2D eigenvalue weighted by Crippen LogP contribution is -2.54. The Hall–Kier alpha value is -2.90. The van der Waals surface area contributed by atoms with Crippen LogP contribution in [0.1, 0.15) is 37.7 Å². The molecule has 2 saturated carbocycles. The van der Waals surface area contributed by atoms with Crippen molar-refractivity contribution < 1.29 is 26.4 Å². The number of hydrogen-bond acceptors (Lipinski definition) is 4. The predicted octanol–water partition coefficient (Wildman–Crippen LogP) is 4.07. The number of halogens is 3. The number of amides is 1. The Morgan fingerprint density at radius 2 is 1.83 bits per heavy atom. The maximum atomic E-state index is 15.7. The van der Waals surface area contributed by atoms with Gasteiger partial charge in [-0.1, -0.05) is 30.3 Å². The maximum Gasteiger partial charge on any atom is 0.243 e. The fourth-order valence-corrected chi connectivity index (χ4v) is 6.53. The van der Waals surface area contributed by atoms with Crippen LogP contribution in [0.2, 0.25) is 0 Å². The largest absolute Gasteiger partial charge is 0.336 e. The van der Waals surface area contributed by atoms with Crippen LogP contribution >= 0.6 is 0 Å². The van der Waals surface area contributed by atoms with Gasteiger partial charge in [0, 0.05) is 23.6 Å². The lowest BCUT2D eigenvalue weighted by atomic mass is 9.69. The molecule has 36 heavy (non-hydrogen) atoms. The summed E-state index contributed by atoms with van der Waals surface area (Å²) >= 11 is 0. The summed E-state index contributed by atoms with van der Waals surface area (Å²) in [4.78, 5) is 15.1. The molecule has 0 radical (unpaired) electrons. The number of carbonyl (C=O) groups excluding carboxylic acids is 1. The molecule has 1 amide bonds. The van der Waals surface area contributed by atoms with Crippen molar-refractivity contribution >= 4 is 15.9 Å². The van der Waals surface area contributed by atoms with E-state index in [1.54, 1.807) is 30.3 Å². The van der Waals surface area contributed by atoms with Crippen LogP contribution in [0.5, 0.6) is 0 Å². The molecule has 6 nitrogen and oxygen atoms in total. The van der Waals surface area contributed by atoms with E-state index in [2.05, 4.69) is 10.8 Å². The number of carbonyl (C=O) groups is 1. The Kier molecular flexibility index (Phi) is 6.12. The van der Waals surface area contributed by atoms with Gasteiger partial charge in [0.25, 0.3) is 0 Å². The third kappa shape index (κ3) is 4.18. The minimum absolute atomic E-state index is 0.0154. The summed E-state index contributed by atoms with van der Waals surface area (Å²) in [5.74, 6) is -1.76. The van der Waals surface area contributed by atoms with Gasteiger partial charge in [-0.15, -0.1) is 0 Å². The molecule has 2 aliphatic carbocycles. The lowest BCUT2D eigenvalue weighted by Gasteiger charge is -2.39. The monoisotopic (exact) mass is 517 g/mol. The first-order chi connectivity index (χ1) is 17.1. The Balaban J connectivity index is 1.56. The zero-order valence-electron chi connectivity index (χ0n) is 19.5. The molecule has 0 unspecified atom stereocenters. The molecule has 1 aliphatic heterocycles. The first-order valence-corrected chi connectivity index (χ1v) is 13.6. The molecular formula is C26H26F3N3O3S. The Morgan fingerprint density at radius 1 is 1.14 bits per heavy atom. The Morgan fingerprint density at radius 3 is 2.39 bits per heavy atom. The highest BCUT2D eigenvalue weighted by Crippen LogP contribution is 2.57. The highest BCUT2D eigenvalue weighted by Gasteiger charge is 2.63. The van der Waals surface area contributed by atoms with Gasteiger partial charge in [0.2, 0.25) is 21.9 Å². The van der Waals surface area contributed by atoms with Crippen LogP contribution in [0.25, 0.3) is 11.1 Å². The van der Waals surface area contributed by atoms with Gasteiger partial charge in [0.15, 0.2) is 0 Å². The van der Waals surface area contributed by atoms with Crippen molar-refractivity contribution in [1.29, 1.82) is 5.26 Å². The molecule has 1 saturated heterocycles. The first kappa shape index (κ1) is 24.8. The van der Waals surface area contributed by atoms with Crippen LogP contribution in [0.4, 0.5) is 13.2 Å². The lowest BCUT2D eigenvalue weighted by molar-refractivity contribution is -0.144. The summed E-state index contributed by atoms with van der Waals surface area (Å²) in [5, 5.41) is 9.75. The third-order valence-electron chi connectivity index (χ3n) is 7.99. The smallest absolute Gasteiger partial charge is 0.243 e. The number of hydrogen-bond donors (Lipinski definition) is 1. The number of nitrogens with one attached hydrogen (secondary N) is 1. The number of sulfonamides is 1. The summed E-state index contributed by atoms with van der Waals surface area (Å²) < 4.78 is 70.6. The number of rotatable bonds is 7. The summed E-state index contributed by atoms with van der Waals surface area (Å²) in [5.41, 5.74) is -1.30. The summed E-state index contributed by atoms with van der Waals surface area (Å²) in [6.07, 6.45) is 2.54. The molecule has 1 heterocycles. The molecular weight excluding hydrogens is 491 g/mol. The van der Waals surface area contributed by atoms with Gasteiger partial charge in [-0.05, 0) is 61.8 Å². The fraction of sp³-hybridized carbons (Fsp3) is 0.462. The first-order valence-electron chi connectivity index (χ1n) is 12.0. The molecule has 10 heteroatoms. The van der Waals surface area contributed by atoms with Crippen molar-refractivity contribution in [1.82, 2.24) is 9.62 Å². The third-order valence-corrected chi connectivity index (χ3v) is 8.89. The number of likely N-dealkylation sites (tertiary alicyclic amines) is 1. The molecule has 1 N–H and O–H groups in total. The van der Waals surface area contributed by atoms with Gasteiger partial charge in [-0.2, -0.15) is 5.26 Å². The van der Waals surface area contributed by atoms with Gasteiger partial charge in [0.1, 0.15) is 17.0 Å². The SMILES string of the molecule is N#CC1(C(=O)N2CC3(CC3)[C@H](NS(=O)(=O)CF)[C@@H]2Cc2cc(F)cc(-c3ccccc3)c2F)CCC1. The zero-order valence-corrected chi connectivity index (χ0v) is 20.3. The van der Waals surface area contributed by atoms with E-state index < -0.39 is 56.5 Å². The Labute approximate surface area is 208 Å². The van der Waals surface area contributed by atoms with E-state index in [0.29, 0.717) is 31.2 Å². The minimum atomic E-state index is -4.30. The van der Waals surface area contributed by atoms with Crippen molar-refractivity contribution in [3.63, 3.8) is 0 Å². The summed E-state index contributed by atoms with van der Waals surface area (Å²) in [7, 11) is -4.30. The van der Waals surface area contributed by atoms with E-state index in [1.807, 2.05) is 0 Å². The Bertz CT molecular complexity index is 1340. The van der Waals surface area contributed by atoms with Crippen molar-refractivity contribution in [3.05, 3.63) is 59.7 Å². The number of nitriles is 1. The van der Waals surface area contributed by atoms with Crippen LogP contribution in [-0.4, -0.2) is 43.9 Å². The molecule has 2 aromatic rings. The highest BCUT2D eigenvalue weighted by atomic mass is 32.2. The molecule has 0 bridgehead atoms. The van der Waals surface area contributed by atoms with E-state index in [-0.39, 0.29) is 24.1 Å². The van der Waals surface area contributed by atoms with E-state index >= 15 is 4.39 Å². The van der Waals surface area contributed by atoms with E-state index in [1.165, 1.54) is 4.90 Å². The molecule has 2 atom stereocenters. The van der Waals surface area contributed by atoms with Crippen molar-refractivity contribution in [2.24, 2.45) is 10.8 Å². The van der Waals surface area contributed by atoms with Crippen LogP contribution < -0.4 is 4.72 Å². The minimum Gasteiger partial charge on any atom is -0.336 e. The summed E-state index contributed by atoms with van der Waals surface area (Å²) in [6.45, 7) is 0.182. The van der Waals surface area contributed by atoms with E-state index in [9.17, 15) is 27.3 Å². The van der Waals surface area contributed by atoms with Crippen LogP contribution in [-0.2, 0) is 21.2 Å².